The standard InChI is InChI=1S/C20H19ClN9O4/c1-27(2)19(33-29-17(31)12-8-5-6-10-14(12)23-25-29)22-20(28(3)4)34-30-18(32)16-13(21)9-7-11-15(16)24-26-30/h5-11H,1-4H3/q+1. The first-order valence-electron chi connectivity index (χ1n) is 9.82. The van der Waals surface area contributed by atoms with Gasteiger partial charge in [0.2, 0.25) is 0 Å². The van der Waals surface area contributed by atoms with Gasteiger partial charge in [-0.1, -0.05) is 29.8 Å². The van der Waals surface area contributed by atoms with Crippen LogP contribution in [0.15, 0.2) is 57.0 Å². The van der Waals surface area contributed by atoms with Gasteiger partial charge in [0.15, 0.2) is 0 Å². The molecule has 4 rings (SSSR count). The zero-order chi connectivity index (χ0) is 24.4. The predicted octanol–water partition coefficient (Wildman–Crippen LogP) is -0.347. The van der Waals surface area contributed by atoms with Crippen molar-refractivity contribution < 1.29 is 14.3 Å². The summed E-state index contributed by atoms with van der Waals surface area (Å²) in [5.41, 5.74) is -0.417. The van der Waals surface area contributed by atoms with E-state index < -0.39 is 11.1 Å². The first kappa shape index (κ1) is 22.8. The lowest BCUT2D eigenvalue weighted by Gasteiger charge is -2.11. The number of aliphatic imine (C=N–C) groups is 1. The molecule has 0 aliphatic rings. The van der Waals surface area contributed by atoms with Gasteiger partial charge in [-0.05, 0) is 44.4 Å². The van der Waals surface area contributed by atoms with Crippen molar-refractivity contribution in [3.63, 3.8) is 0 Å². The molecule has 34 heavy (non-hydrogen) atoms. The Morgan fingerprint density at radius 1 is 0.941 bits per heavy atom. The zero-order valence-corrected chi connectivity index (χ0v) is 19.3. The summed E-state index contributed by atoms with van der Waals surface area (Å²) in [4.78, 5) is 43.9. The molecule has 174 valence electrons. The lowest BCUT2D eigenvalue weighted by atomic mass is 10.2. The first-order chi connectivity index (χ1) is 16.3. The molecule has 0 saturated carbocycles. The van der Waals surface area contributed by atoms with E-state index in [-0.39, 0.29) is 22.5 Å². The van der Waals surface area contributed by atoms with Crippen LogP contribution in [0.3, 0.4) is 0 Å². The van der Waals surface area contributed by atoms with Crippen LogP contribution in [0.4, 0.5) is 0 Å². The van der Waals surface area contributed by atoms with E-state index in [1.165, 1.54) is 9.48 Å². The van der Waals surface area contributed by atoms with Gasteiger partial charge in [0.1, 0.15) is 11.0 Å². The summed E-state index contributed by atoms with van der Waals surface area (Å²) in [6, 6.07) is 11.4. The second-order valence-electron chi connectivity index (χ2n) is 7.33. The summed E-state index contributed by atoms with van der Waals surface area (Å²) in [6.45, 7) is 0. The van der Waals surface area contributed by atoms with Gasteiger partial charge in [0.05, 0.1) is 34.9 Å². The van der Waals surface area contributed by atoms with Crippen molar-refractivity contribution >= 4 is 45.5 Å². The topological polar surface area (TPSA) is 133 Å². The van der Waals surface area contributed by atoms with Gasteiger partial charge in [0, 0.05) is 14.1 Å². The van der Waals surface area contributed by atoms with Gasteiger partial charge in [-0.15, -0.1) is 10.2 Å². The highest BCUT2D eigenvalue weighted by molar-refractivity contribution is 6.35. The van der Waals surface area contributed by atoms with Gasteiger partial charge >= 0.3 is 23.2 Å². The maximum Gasteiger partial charge on any atom is 0.525 e. The summed E-state index contributed by atoms with van der Waals surface area (Å²) in [5.74, 6) is 0. The normalized spacial score (nSPS) is 11.5. The van der Waals surface area contributed by atoms with Crippen molar-refractivity contribution in [2.45, 2.75) is 0 Å². The van der Waals surface area contributed by atoms with Crippen molar-refractivity contribution in [2.24, 2.45) is 4.99 Å². The Morgan fingerprint density at radius 3 is 2.29 bits per heavy atom. The average molecular weight is 485 g/mol. The minimum absolute atomic E-state index is 0.0878. The molecule has 14 heteroatoms. The quantitative estimate of drug-likeness (QED) is 0.213. The summed E-state index contributed by atoms with van der Waals surface area (Å²) >= 11 is 6.15. The predicted molar refractivity (Wildman–Crippen MR) is 124 cm³/mol. The highest BCUT2D eigenvalue weighted by atomic mass is 35.5. The lowest BCUT2D eigenvalue weighted by Crippen LogP contribution is -2.42. The van der Waals surface area contributed by atoms with Crippen molar-refractivity contribution in [3.8, 4) is 0 Å². The number of hydrogen-bond donors (Lipinski definition) is 0. The molecule has 0 aliphatic heterocycles. The molecule has 0 N–H and O–H groups in total. The van der Waals surface area contributed by atoms with Gasteiger partial charge in [0.25, 0.3) is 0 Å². The number of nitrogens with zero attached hydrogens (tertiary/aromatic N) is 9. The number of hydrogen-bond acceptors (Lipinski definition) is 8. The molecule has 0 spiro atoms. The molecule has 2 aromatic heterocycles. The molecule has 2 aromatic carbocycles. The molecule has 0 amide bonds. The third-order valence-electron chi connectivity index (χ3n) is 4.45. The van der Waals surface area contributed by atoms with Gasteiger partial charge in [-0.2, -0.15) is 0 Å². The largest absolute Gasteiger partial charge is 0.525 e. The van der Waals surface area contributed by atoms with E-state index in [4.69, 9.17) is 21.3 Å². The van der Waals surface area contributed by atoms with E-state index in [2.05, 4.69) is 25.6 Å². The summed E-state index contributed by atoms with van der Waals surface area (Å²) in [7, 11) is 6.52. The lowest BCUT2D eigenvalue weighted by molar-refractivity contribution is -0.475. The first-order valence-corrected chi connectivity index (χ1v) is 10.2. The Labute approximate surface area is 196 Å². The SMILES string of the molecule is CN(C)/C(=N/C(On1nnc2cccc(Cl)c2c1=O)=[N+](C)C)On1nnc2ccccc2c1=O. The molecule has 4 aromatic rings. The Bertz CT molecular complexity index is 1570. The smallest absolute Gasteiger partial charge is 0.308 e. The number of aromatic nitrogens is 6. The number of rotatable bonds is 2. The van der Waals surface area contributed by atoms with Crippen LogP contribution < -0.4 is 20.8 Å². The number of halogens is 1. The van der Waals surface area contributed by atoms with E-state index in [9.17, 15) is 9.59 Å². The van der Waals surface area contributed by atoms with Gasteiger partial charge < -0.3 is 4.90 Å². The van der Waals surface area contributed by atoms with Crippen molar-refractivity contribution in [3.05, 3.63) is 68.2 Å². The molecule has 0 bridgehead atoms. The highest BCUT2D eigenvalue weighted by Crippen LogP contribution is 2.16. The summed E-state index contributed by atoms with van der Waals surface area (Å²) in [5, 5.41) is 16.2. The third kappa shape index (κ3) is 4.41. The molecule has 0 atom stereocenters. The van der Waals surface area contributed by atoms with Crippen LogP contribution in [-0.4, -0.2) is 80.0 Å². The Balaban J connectivity index is 1.72. The molecule has 0 unspecified atom stereocenters. The van der Waals surface area contributed by atoms with Crippen LogP contribution in [-0.2, 0) is 0 Å². The molecule has 2 heterocycles. The second-order valence-corrected chi connectivity index (χ2v) is 7.74. The van der Waals surface area contributed by atoms with Gasteiger partial charge in [-0.25, -0.2) is 4.58 Å². The van der Waals surface area contributed by atoms with Crippen LogP contribution in [0.25, 0.3) is 21.8 Å². The minimum Gasteiger partial charge on any atom is -0.308 e. The average Bonchev–Trinajstić information content (AvgIpc) is 2.81. The van der Waals surface area contributed by atoms with E-state index >= 15 is 0 Å². The molecule has 13 nitrogen and oxygen atoms in total. The fourth-order valence-corrected chi connectivity index (χ4v) is 3.02. The van der Waals surface area contributed by atoms with Crippen LogP contribution in [0, 0.1) is 0 Å². The van der Waals surface area contributed by atoms with E-state index in [0.717, 1.165) is 0 Å². The van der Waals surface area contributed by atoms with E-state index in [1.807, 2.05) is 0 Å². The number of benzene rings is 2. The molecule has 0 saturated heterocycles. The summed E-state index contributed by atoms with van der Waals surface area (Å²) in [6.07, 6.45) is 0. The zero-order valence-electron chi connectivity index (χ0n) is 18.6. The molecular weight excluding hydrogens is 466 g/mol. The Morgan fingerprint density at radius 2 is 1.59 bits per heavy atom. The maximum atomic E-state index is 12.9. The third-order valence-corrected chi connectivity index (χ3v) is 4.76. The van der Waals surface area contributed by atoms with Crippen LogP contribution >= 0.6 is 11.6 Å². The second kappa shape index (κ2) is 9.23. The van der Waals surface area contributed by atoms with E-state index in [1.54, 1.807) is 70.7 Å². The highest BCUT2D eigenvalue weighted by Gasteiger charge is 2.24. The van der Waals surface area contributed by atoms with Crippen molar-refractivity contribution in [1.82, 2.24) is 35.2 Å². The maximum absolute atomic E-state index is 12.9. The van der Waals surface area contributed by atoms with Crippen LogP contribution in [0.1, 0.15) is 0 Å². The Hall–Kier alpha value is -4.39. The molecular formula is C20H19ClN9O4+. The molecule has 0 aliphatic carbocycles. The van der Waals surface area contributed by atoms with Crippen LogP contribution in [0.2, 0.25) is 5.02 Å². The fraction of sp³-hybridized carbons (Fsp3) is 0.200. The monoisotopic (exact) mass is 484 g/mol. The Kier molecular flexibility index (Phi) is 6.19. The minimum atomic E-state index is -0.630. The van der Waals surface area contributed by atoms with Crippen LogP contribution in [0.5, 0.6) is 0 Å². The number of fused-ring (bicyclic) bond motifs is 2. The molecule has 0 radical (unpaired) electrons. The summed E-state index contributed by atoms with van der Waals surface area (Å²) < 4.78 is 1.46. The fourth-order valence-electron chi connectivity index (χ4n) is 2.77. The molecule has 0 fully saturated rings. The van der Waals surface area contributed by atoms with Crippen molar-refractivity contribution in [2.75, 3.05) is 28.2 Å². The number of amidine groups is 2. The van der Waals surface area contributed by atoms with Crippen molar-refractivity contribution in [1.29, 1.82) is 0 Å². The van der Waals surface area contributed by atoms with E-state index in [0.29, 0.717) is 26.1 Å². The van der Waals surface area contributed by atoms with Gasteiger partial charge in [-0.3, -0.25) is 19.3 Å².